The van der Waals surface area contributed by atoms with Crippen LogP contribution >= 0.6 is 0 Å². The Balaban J connectivity index is 0.000000133. The molecule has 2 aliphatic heterocycles. The Hall–Kier alpha value is -14.0. The van der Waals surface area contributed by atoms with Gasteiger partial charge < -0.3 is 9.47 Å². The molecule has 0 fully saturated rings. The summed E-state index contributed by atoms with van der Waals surface area (Å²) in [6.45, 7) is 0. The highest BCUT2D eigenvalue weighted by Gasteiger charge is 2.25. The van der Waals surface area contributed by atoms with E-state index in [1.54, 1.807) is 0 Å². The van der Waals surface area contributed by atoms with Crippen LogP contribution in [0.2, 0.25) is 0 Å². The zero-order chi connectivity index (χ0) is 67.3. The third-order valence-corrected chi connectivity index (χ3v) is 21.4. The topological polar surface area (TPSA) is 78.9 Å². The molecule has 3 heterocycles. The minimum atomic E-state index is 0.654. The third kappa shape index (κ3) is 8.99. The number of aromatic nitrogens is 1. The monoisotopic (exact) mass is 1290 g/mol. The first-order chi connectivity index (χ1) is 50.4. The van der Waals surface area contributed by atoms with E-state index >= 15 is 0 Å². The standard InChI is InChI=1S/C49H27NO.C48H26N2O/c50-28-39-18-20-44-43-19-17-34(27-46(43)51-45-8-4-7-42(39)49(44)45)32-10-9-31-22-33(12-11-30(31)21-32)41-25-37-15-13-35-23-40(29-5-2-1-3-6-29)24-36-14-16-38(26-41)48(37)47(35)36;49-26-34-17-20-44-48-40(34)9-4-10-42(48)41-18-15-29(25-45(41)51-44)35-16-19-43(50-27-35)37-23-32-13-11-30-21-36(22-31-12-14-33(24-37)47(32)46(30)31)39-8-3-6-28-5-1-2-7-38(28)39/h1-27H;1-25,27H. The second-order valence-electron chi connectivity index (χ2n) is 27.1. The van der Waals surface area contributed by atoms with Crippen LogP contribution in [0, 0.1) is 22.7 Å². The zero-order valence-electron chi connectivity index (χ0n) is 54.8. The molecule has 2 aliphatic rings. The minimum Gasteiger partial charge on any atom is -0.456 e. The summed E-state index contributed by atoms with van der Waals surface area (Å²) >= 11 is 0. The Kier molecular flexibility index (Phi) is 12.5. The van der Waals surface area contributed by atoms with E-state index < -0.39 is 0 Å². The predicted molar refractivity (Wildman–Crippen MR) is 421 cm³/mol. The highest BCUT2D eigenvalue weighted by atomic mass is 16.5. The van der Waals surface area contributed by atoms with Crippen molar-refractivity contribution in [1.29, 1.82) is 10.5 Å². The number of fused-ring (bicyclic) bond motifs is 6. The Morgan fingerprint density at radius 3 is 1.18 bits per heavy atom. The maximum atomic E-state index is 9.65. The number of nitrogens with zero attached hydrogens (tertiary/aromatic N) is 3. The molecule has 0 spiro atoms. The maximum Gasteiger partial charge on any atom is 0.136 e. The normalized spacial score (nSPS) is 12.1. The molecule has 0 radical (unpaired) electrons. The number of benzene rings is 19. The molecular formula is C97H53N3O2. The van der Waals surface area contributed by atoms with Crippen molar-refractivity contribution in [3.63, 3.8) is 0 Å². The van der Waals surface area contributed by atoms with Gasteiger partial charge in [-0.3, -0.25) is 4.98 Å². The maximum absolute atomic E-state index is 9.65. The summed E-state index contributed by atoms with van der Waals surface area (Å²) in [6.07, 6.45) is 1.95. The van der Waals surface area contributed by atoms with Gasteiger partial charge in [-0.25, -0.2) is 0 Å². The molecule has 5 heteroatoms. The molecule has 0 atom stereocenters. The van der Waals surface area contributed by atoms with E-state index in [1.165, 1.54) is 120 Å². The van der Waals surface area contributed by atoms with E-state index in [0.29, 0.717) is 11.1 Å². The van der Waals surface area contributed by atoms with Crippen LogP contribution < -0.4 is 9.47 Å². The third-order valence-electron chi connectivity index (χ3n) is 21.4. The van der Waals surface area contributed by atoms with Crippen LogP contribution in [0.4, 0.5) is 0 Å². The van der Waals surface area contributed by atoms with Crippen molar-refractivity contribution in [2.45, 2.75) is 0 Å². The predicted octanol–water partition coefficient (Wildman–Crippen LogP) is 26.5. The molecular weight excluding hydrogens is 1240 g/mol. The van der Waals surface area contributed by atoms with Crippen molar-refractivity contribution >= 4 is 108 Å². The van der Waals surface area contributed by atoms with Crippen LogP contribution in [0.15, 0.2) is 322 Å². The van der Waals surface area contributed by atoms with E-state index in [1.807, 2.05) is 60.8 Å². The van der Waals surface area contributed by atoms with Gasteiger partial charge in [-0.1, -0.05) is 200 Å². The van der Waals surface area contributed by atoms with E-state index in [9.17, 15) is 10.5 Å². The molecule has 1 aromatic heterocycles. The van der Waals surface area contributed by atoms with Gasteiger partial charge >= 0.3 is 0 Å². The second-order valence-corrected chi connectivity index (χ2v) is 27.1. The molecule has 0 bridgehead atoms. The van der Waals surface area contributed by atoms with Crippen LogP contribution in [-0.4, -0.2) is 4.98 Å². The number of nitriles is 2. The summed E-state index contributed by atoms with van der Waals surface area (Å²) in [5, 5.41) is 43.4. The molecule has 0 saturated carbocycles. The number of pyridine rings is 1. The Labute approximate surface area is 586 Å². The van der Waals surface area contributed by atoms with Crippen molar-refractivity contribution in [2.75, 3.05) is 0 Å². The van der Waals surface area contributed by atoms with Gasteiger partial charge in [-0.15, -0.1) is 0 Å². The molecule has 19 aromatic carbocycles. The van der Waals surface area contributed by atoms with Gasteiger partial charge in [0.15, 0.2) is 0 Å². The molecule has 0 amide bonds. The molecule has 20 aromatic rings. The first kappa shape index (κ1) is 57.1. The molecule has 102 heavy (non-hydrogen) atoms. The number of hydrogen-bond acceptors (Lipinski definition) is 5. The van der Waals surface area contributed by atoms with Crippen molar-refractivity contribution in [1.82, 2.24) is 4.98 Å². The van der Waals surface area contributed by atoms with Gasteiger partial charge in [0, 0.05) is 50.0 Å². The summed E-state index contributed by atoms with van der Waals surface area (Å²) < 4.78 is 12.9. The summed E-state index contributed by atoms with van der Waals surface area (Å²) in [5.74, 6) is 3.20. The van der Waals surface area contributed by atoms with Crippen LogP contribution in [0.5, 0.6) is 23.0 Å². The summed E-state index contributed by atoms with van der Waals surface area (Å²) in [7, 11) is 0. The molecule has 468 valence electrons. The first-order valence-electron chi connectivity index (χ1n) is 34.4. The van der Waals surface area contributed by atoms with Crippen LogP contribution in [-0.2, 0) is 0 Å². The van der Waals surface area contributed by atoms with Crippen molar-refractivity contribution in [3.8, 4) is 124 Å². The van der Waals surface area contributed by atoms with Crippen molar-refractivity contribution < 1.29 is 9.47 Å². The smallest absolute Gasteiger partial charge is 0.136 e. The van der Waals surface area contributed by atoms with Gasteiger partial charge in [0.1, 0.15) is 23.0 Å². The van der Waals surface area contributed by atoms with E-state index in [4.69, 9.17) is 14.5 Å². The molecule has 0 N–H and O–H groups in total. The summed E-state index contributed by atoms with van der Waals surface area (Å²) in [6, 6.07) is 117. The van der Waals surface area contributed by atoms with Gasteiger partial charge in [0.05, 0.1) is 29.0 Å². The lowest BCUT2D eigenvalue weighted by molar-refractivity contribution is 0.487. The first-order valence-corrected chi connectivity index (χ1v) is 34.4. The van der Waals surface area contributed by atoms with Gasteiger partial charge in [-0.05, 0) is 263 Å². The molecule has 5 nitrogen and oxygen atoms in total. The lowest BCUT2D eigenvalue weighted by Crippen LogP contribution is -1.98. The number of hydrogen-bond donors (Lipinski definition) is 0. The van der Waals surface area contributed by atoms with Crippen LogP contribution in [0.3, 0.4) is 0 Å². The van der Waals surface area contributed by atoms with Crippen LogP contribution in [0.25, 0.3) is 197 Å². The van der Waals surface area contributed by atoms with E-state index in [2.05, 4.69) is 273 Å². The van der Waals surface area contributed by atoms with Gasteiger partial charge in [-0.2, -0.15) is 10.5 Å². The molecule has 0 saturated heterocycles. The van der Waals surface area contributed by atoms with Gasteiger partial charge in [0.2, 0.25) is 0 Å². The fraction of sp³-hybridized carbons (Fsp3) is 0. The average Bonchev–Trinajstić information content (AvgIpc) is 0.739. The van der Waals surface area contributed by atoms with Gasteiger partial charge in [0.25, 0.3) is 0 Å². The second kappa shape index (κ2) is 22.3. The largest absolute Gasteiger partial charge is 0.456 e. The quantitative estimate of drug-likeness (QED) is 0.155. The average molecular weight is 1290 g/mol. The minimum absolute atomic E-state index is 0.654. The highest BCUT2D eigenvalue weighted by molar-refractivity contribution is 6.26. The summed E-state index contributed by atoms with van der Waals surface area (Å²) in [5.41, 5.74) is 19.3. The lowest BCUT2D eigenvalue weighted by Gasteiger charge is -2.22. The fourth-order valence-electron chi connectivity index (χ4n) is 16.6. The number of ether oxygens (including phenoxy) is 2. The Bertz CT molecular complexity index is 6940. The van der Waals surface area contributed by atoms with Crippen molar-refractivity contribution in [2.24, 2.45) is 0 Å². The Morgan fingerprint density at radius 2 is 0.608 bits per heavy atom. The lowest BCUT2D eigenvalue weighted by atomic mass is 9.89. The van der Waals surface area contributed by atoms with E-state index in [0.717, 1.165) is 100 Å². The molecule has 0 aliphatic carbocycles. The van der Waals surface area contributed by atoms with Crippen LogP contribution in [0.1, 0.15) is 11.1 Å². The zero-order valence-corrected chi connectivity index (χ0v) is 54.8. The summed E-state index contributed by atoms with van der Waals surface area (Å²) in [4.78, 5) is 4.96. The fourth-order valence-corrected chi connectivity index (χ4v) is 16.6. The molecule has 0 unspecified atom stereocenters. The molecule has 22 rings (SSSR count). The highest BCUT2D eigenvalue weighted by Crippen LogP contribution is 2.51. The Morgan fingerprint density at radius 1 is 0.216 bits per heavy atom. The number of rotatable bonds is 6. The SMILES string of the molecule is N#Cc1ccc2c3c(cccc13)-c1ccc(-c3ccc(-c4cc5ccc6cc(-c7cccc8ccccc78)cc7ccc(c4)c5c67)nc3)cc1O2.N#Cc1ccc2c3c(cccc13)Oc1cc(-c3ccc4cc(-c5cc6ccc7cc(-c8ccccc8)cc8ccc(c5)c6c78)ccc4c3)ccc1-2. The van der Waals surface area contributed by atoms with E-state index in [-0.39, 0.29) is 0 Å². The van der Waals surface area contributed by atoms with Crippen molar-refractivity contribution in [3.05, 3.63) is 333 Å².